The molecule has 7 rings (SSSR count). The van der Waals surface area contributed by atoms with Gasteiger partial charge in [0.25, 0.3) is 0 Å². The van der Waals surface area contributed by atoms with Crippen molar-refractivity contribution in [2.24, 2.45) is 45.3 Å². The van der Waals surface area contributed by atoms with Crippen LogP contribution in [0.5, 0.6) is 0 Å². The van der Waals surface area contributed by atoms with Crippen molar-refractivity contribution in [2.45, 2.75) is 150 Å². The van der Waals surface area contributed by atoms with Crippen LogP contribution in [0.15, 0.2) is 36.0 Å². The van der Waals surface area contributed by atoms with Crippen LogP contribution in [0.2, 0.25) is 0 Å². The van der Waals surface area contributed by atoms with Crippen LogP contribution in [0.4, 0.5) is 0 Å². The lowest BCUT2D eigenvalue weighted by Gasteiger charge is -2.72. The molecule has 5 nitrogen and oxygen atoms in total. The number of nitrogens with zero attached hydrogens (tertiary/aromatic N) is 1. The molecule has 3 N–H and O–H groups in total. The lowest BCUT2D eigenvalue weighted by atomic mass is 9.33. The normalized spacial score (nSPS) is 42.5. The highest BCUT2D eigenvalue weighted by Gasteiger charge is 2.69. The zero-order valence-corrected chi connectivity index (χ0v) is 35.2. The minimum atomic E-state index is -1.16. The summed E-state index contributed by atoms with van der Waals surface area (Å²) in [4.78, 5) is 14.2. The Kier molecular flexibility index (Phi) is 14.5. The fraction of sp³-hybridized carbons (Fsp3) is 0.844. The molecule has 0 aromatic heterocycles. The standard InChI is InChI=1S/C39H62N2O2S.C3H6.C2H6.CH4O/c1-34(2)29(28-10-17-38(43,27-42)18-11-28)12-15-35(3)32(34)13-16-37(5)33(35)9-8-30-31-7-6-14-39(31,20-19-36(30,37)4)40-21-22-41-23-25-44-26-24-41;1-3-2;2*1-2/h10,12,27,30-33,40,43H,6-9,11,13-26H2,1-5H3;3H,1H2,2H3;1-2H3;2H,1H3/t30?,31-,32?,33?,35?,36-,37?,38?,39?;;;/m1.../s1. The number of rotatable bonds is 6. The summed E-state index contributed by atoms with van der Waals surface area (Å²) in [5, 5.41) is 21.9. The van der Waals surface area contributed by atoms with Gasteiger partial charge in [0.05, 0.1) is 0 Å². The molecule has 5 fully saturated rings. The van der Waals surface area contributed by atoms with Gasteiger partial charge in [0, 0.05) is 56.8 Å². The minimum Gasteiger partial charge on any atom is -0.400 e. The Morgan fingerprint density at radius 1 is 0.882 bits per heavy atom. The van der Waals surface area contributed by atoms with Crippen LogP contribution in [-0.2, 0) is 4.79 Å². The van der Waals surface area contributed by atoms with E-state index in [0.29, 0.717) is 40.5 Å². The molecule has 0 spiro atoms. The molecule has 0 amide bonds. The van der Waals surface area contributed by atoms with E-state index < -0.39 is 5.60 Å². The predicted octanol–water partition coefficient (Wildman–Crippen LogP) is 9.64. The molecular formula is C45H78N2O3S. The Morgan fingerprint density at radius 3 is 2.20 bits per heavy atom. The van der Waals surface area contributed by atoms with Crippen LogP contribution in [0.1, 0.15) is 139 Å². The first-order chi connectivity index (χ1) is 24.3. The van der Waals surface area contributed by atoms with Crippen molar-refractivity contribution in [3.05, 3.63) is 36.0 Å². The van der Waals surface area contributed by atoms with Gasteiger partial charge in [-0.3, -0.25) is 0 Å². The number of nitrogens with one attached hydrogen (secondary N) is 1. The molecule has 9 atom stereocenters. The summed E-state index contributed by atoms with van der Waals surface area (Å²) in [5.41, 5.74) is 3.48. The van der Waals surface area contributed by atoms with Crippen molar-refractivity contribution >= 4 is 18.0 Å². The molecule has 0 bridgehead atoms. The molecule has 51 heavy (non-hydrogen) atoms. The Balaban J connectivity index is 0.000000780. The van der Waals surface area contributed by atoms with E-state index in [1.54, 1.807) is 6.08 Å². The predicted molar refractivity (Wildman–Crippen MR) is 219 cm³/mol. The molecule has 6 aliphatic carbocycles. The summed E-state index contributed by atoms with van der Waals surface area (Å²) < 4.78 is 0. The quantitative estimate of drug-likeness (QED) is 0.187. The van der Waals surface area contributed by atoms with Crippen LogP contribution < -0.4 is 5.32 Å². The molecule has 1 aliphatic heterocycles. The molecule has 0 radical (unpaired) electrons. The Bertz CT molecular complexity index is 1240. The van der Waals surface area contributed by atoms with Crippen molar-refractivity contribution in [3.8, 4) is 0 Å². The van der Waals surface area contributed by atoms with E-state index in [4.69, 9.17) is 5.11 Å². The summed E-state index contributed by atoms with van der Waals surface area (Å²) in [6.07, 6.45) is 23.0. The summed E-state index contributed by atoms with van der Waals surface area (Å²) in [6, 6.07) is 0. The van der Waals surface area contributed by atoms with E-state index in [1.807, 2.05) is 20.8 Å². The maximum Gasteiger partial charge on any atom is 0.151 e. The second-order valence-corrected chi connectivity index (χ2v) is 19.5. The highest BCUT2D eigenvalue weighted by Crippen LogP contribution is 2.76. The van der Waals surface area contributed by atoms with Gasteiger partial charge in [-0.15, -0.1) is 6.58 Å². The third kappa shape index (κ3) is 7.67. The van der Waals surface area contributed by atoms with Crippen LogP contribution in [0.3, 0.4) is 0 Å². The largest absolute Gasteiger partial charge is 0.400 e. The molecule has 4 saturated carbocycles. The maximum absolute atomic E-state index is 11.5. The van der Waals surface area contributed by atoms with E-state index >= 15 is 0 Å². The second kappa shape index (κ2) is 17.3. The van der Waals surface area contributed by atoms with E-state index in [1.165, 1.54) is 113 Å². The topological polar surface area (TPSA) is 72.8 Å². The van der Waals surface area contributed by atoms with Crippen LogP contribution in [0, 0.1) is 45.3 Å². The highest BCUT2D eigenvalue weighted by atomic mass is 32.2. The first-order valence-electron chi connectivity index (χ1n) is 21.0. The van der Waals surface area contributed by atoms with Gasteiger partial charge in [-0.05, 0) is 134 Å². The van der Waals surface area contributed by atoms with Gasteiger partial charge in [0.1, 0.15) is 5.60 Å². The Morgan fingerprint density at radius 2 is 1.57 bits per heavy atom. The number of aliphatic hydroxyl groups is 2. The van der Waals surface area contributed by atoms with Gasteiger partial charge in [-0.25, -0.2) is 0 Å². The van der Waals surface area contributed by atoms with Crippen molar-refractivity contribution in [1.82, 2.24) is 10.2 Å². The summed E-state index contributed by atoms with van der Waals surface area (Å²) in [6.45, 7) is 27.5. The van der Waals surface area contributed by atoms with Gasteiger partial charge >= 0.3 is 0 Å². The number of aldehydes is 1. The number of fused-ring (bicyclic) bond motifs is 7. The maximum atomic E-state index is 11.5. The van der Waals surface area contributed by atoms with Gasteiger partial charge in [0.15, 0.2) is 6.29 Å². The van der Waals surface area contributed by atoms with Gasteiger partial charge in [-0.1, -0.05) is 73.1 Å². The highest BCUT2D eigenvalue weighted by molar-refractivity contribution is 7.99. The first-order valence-corrected chi connectivity index (χ1v) is 22.1. The van der Waals surface area contributed by atoms with E-state index in [-0.39, 0.29) is 5.41 Å². The Labute approximate surface area is 318 Å². The molecular weight excluding hydrogens is 649 g/mol. The fourth-order valence-corrected chi connectivity index (χ4v) is 14.5. The molecule has 7 aliphatic rings. The fourth-order valence-electron chi connectivity index (χ4n) is 13.5. The molecule has 0 aromatic carbocycles. The number of hydrogen-bond donors (Lipinski definition) is 3. The lowest BCUT2D eigenvalue weighted by Crippen LogP contribution is -2.67. The van der Waals surface area contributed by atoms with Crippen molar-refractivity contribution in [1.29, 1.82) is 0 Å². The molecule has 1 heterocycles. The zero-order chi connectivity index (χ0) is 37.7. The minimum absolute atomic E-state index is 0.124. The zero-order valence-electron chi connectivity index (χ0n) is 34.4. The van der Waals surface area contributed by atoms with Gasteiger partial charge < -0.3 is 25.2 Å². The number of carbonyl (C=O) groups is 1. The number of carbonyl (C=O) groups excluding carboxylic acids is 1. The lowest BCUT2D eigenvalue weighted by molar-refractivity contribution is -0.218. The van der Waals surface area contributed by atoms with E-state index in [2.05, 4.69) is 75.3 Å². The summed E-state index contributed by atoms with van der Waals surface area (Å²) in [5.74, 6) is 5.82. The van der Waals surface area contributed by atoms with Gasteiger partial charge in [0.2, 0.25) is 0 Å². The Hall–Kier alpha value is -0.920. The third-order valence-electron chi connectivity index (χ3n) is 16.0. The molecule has 1 saturated heterocycles. The van der Waals surface area contributed by atoms with E-state index in [0.717, 1.165) is 37.6 Å². The number of aliphatic hydroxyl groups excluding tert-OH is 1. The van der Waals surface area contributed by atoms with Crippen LogP contribution >= 0.6 is 11.8 Å². The molecule has 6 heteroatoms. The average molecular weight is 727 g/mol. The monoisotopic (exact) mass is 727 g/mol. The van der Waals surface area contributed by atoms with E-state index in [9.17, 15) is 9.90 Å². The number of allylic oxidation sites excluding steroid dienone is 4. The van der Waals surface area contributed by atoms with Crippen molar-refractivity contribution in [2.75, 3.05) is 44.8 Å². The number of hydrogen-bond acceptors (Lipinski definition) is 6. The smallest absolute Gasteiger partial charge is 0.151 e. The number of thioether (sulfide) groups is 1. The van der Waals surface area contributed by atoms with Crippen LogP contribution in [0.25, 0.3) is 0 Å². The molecule has 0 aromatic rings. The SMILES string of the molecule is C=CC.CC.CC1(C)C(C2=CCC(O)(C=O)CC2)=CCC2(C)C1CCC1(C)C2CCC2[C@H]3CCCC3(NCCN3CCSCC3)CC[C@]21C.CO. The summed E-state index contributed by atoms with van der Waals surface area (Å²) >= 11 is 2.12. The second-order valence-electron chi connectivity index (χ2n) is 18.3. The van der Waals surface area contributed by atoms with Crippen molar-refractivity contribution in [3.63, 3.8) is 0 Å². The molecule has 292 valence electrons. The summed E-state index contributed by atoms with van der Waals surface area (Å²) in [7, 11) is 1.00. The van der Waals surface area contributed by atoms with Crippen molar-refractivity contribution < 1.29 is 15.0 Å². The third-order valence-corrected chi connectivity index (χ3v) is 17.0. The molecule has 7 unspecified atom stereocenters. The average Bonchev–Trinajstić information content (AvgIpc) is 3.56. The van der Waals surface area contributed by atoms with Crippen LogP contribution in [-0.4, -0.2) is 77.3 Å². The first kappa shape index (κ1) is 42.8. The van der Waals surface area contributed by atoms with Gasteiger partial charge in [-0.2, -0.15) is 11.8 Å².